The molecular weight excluding hydrogens is 234 g/mol. The summed E-state index contributed by atoms with van der Waals surface area (Å²) < 4.78 is 2.03. The maximum atomic E-state index is 5.87. The Labute approximate surface area is 105 Å². The van der Waals surface area contributed by atoms with Crippen molar-refractivity contribution in [2.45, 2.75) is 26.3 Å². The van der Waals surface area contributed by atoms with E-state index in [2.05, 4.69) is 17.0 Å². The zero-order valence-electron chi connectivity index (χ0n) is 9.73. The summed E-state index contributed by atoms with van der Waals surface area (Å²) in [6, 6.07) is 7.68. The first kappa shape index (κ1) is 10.8. The van der Waals surface area contributed by atoms with Crippen LogP contribution < -0.4 is 0 Å². The van der Waals surface area contributed by atoms with Gasteiger partial charge in [-0.25, -0.2) is 9.67 Å². The largest absolute Gasteiger partial charge is 0.249 e. The number of aryl methyl sites for hydroxylation is 1. The van der Waals surface area contributed by atoms with Crippen LogP contribution in [0.25, 0.3) is 11.4 Å². The first-order valence-corrected chi connectivity index (χ1v) is 6.30. The second-order valence-electron chi connectivity index (χ2n) is 4.68. The topological polar surface area (TPSA) is 30.7 Å². The van der Waals surface area contributed by atoms with Gasteiger partial charge in [0.05, 0.1) is 0 Å². The minimum absolute atomic E-state index is 0.713. The van der Waals surface area contributed by atoms with Gasteiger partial charge in [-0.3, -0.25) is 0 Å². The average molecular weight is 248 g/mol. The molecule has 88 valence electrons. The highest BCUT2D eigenvalue weighted by Crippen LogP contribution is 2.23. The van der Waals surface area contributed by atoms with Gasteiger partial charge >= 0.3 is 0 Å². The highest BCUT2D eigenvalue weighted by atomic mass is 35.5. The predicted octanol–water partition coefficient (Wildman–Crippen LogP) is 3.18. The molecule has 1 atom stereocenters. The molecule has 17 heavy (non-hydrogen) atoms. The lowest BCUT2D eigenvalue weighted by molar-refractivity contribution is 0.386. The summed E-state index contributed by atoms with van der Waals surface area (Å²) in [7, 11) is 0. The third-order valence-electron chi connectivity index (χ3n) is 3.22. The summed E-state index contributed by atoms with van der Waals surface area (Å²) in [6.45, 7) is 3.25. The first-order valence-electron chi connectivity index (χ1n) is 5.92. The van der Waals surface area contributed by atoms with Crippen molar-refractivity contribution in [3.8, 4) is 11.4 Å². The number of halogens is 1. The highest BCUT2D eigenvalue weighted by Gasteiger charge is 2.19. The van der Waals surface area contributed by atoms with Crippen LogP contribution in [0.2, 0.25) is 5.02 Å². The molecule has 1 aromatic carbocycles. The Morgan fingerprint density at radius 1 is 1.29 bits per heavy atom. The van der Waals surface area contributed by atoms with Crippen LogP contribution in [0.4, 0.5) is 0 Å². The van der Waals surface area contributed by atoms with E-state index in [1.807, 2.05) is 28.9 Å². The Balaban J connectivity index is 1.97. The molecule has 1 aliphatic heterocycles. The van der Waals surface area contributed by atoms with Crippen molar-refractivity contribution in [1.29, 1.82) is 0 Å². The molecule has 0 saturated carbocycles. The van der Waals surface area contributed by atoms with Crippen molar-refractivity contribution in [2.24, 2.45) is 5.92 Å². The monoisotopic (exact) mass is 247 g/mol. The van der Waals surface area contributed by atoms with Crippen LogP contribution in [0.3, 0.4) is 0 Å². The van der Waals surface area contributed by atoms with Gasteiger partial charge in [0.15, 0.2) is 5.82 Å². The minimum atomic E-state index is 0.713. The van der Waals surface area contributed by atoms with Gasteiger partial charge in [-0.1, -0.05) is 18.5 Å². The van der Waals surface area contributed by atoms with Gasteiger partial charge in [0.2, 0.25) is 0 Å². The number of fused-ring (bicyclic) bond motifs is 1. The van der Waals surface area contributed by atoms with Crippen molar-refractivity contribution < 1.29 is 0 Å². The summed E-state index contributed by atoms with van der Waals surface area (Å²) in [4.78, 5) is 4.61. The molecule has 1 unspecified atom stereocenters. The van der Waals surface area contributed by atoms with E-state index >= 15 is 0 Å². The Kier molecular flexibility index (Phi) is 2.63. The fourth-order valence-corrected chi connectivity index (χ4v) is 2.31. The van der Waals surface area contributed by atoms with Crippen molar-refractivity contribution in [1.82, 2.24) is 14.8 Å². The first-order chi connectivity index (χ1) is 8.22. The summed E-state index contributed by atoms with van der Waals surface area (Å²) >= 11 is 5.87. The van der Waals surface area contributed by atoms with Crippen LogP contribution in [-0.4, -0.2) is 14.8 Å². The quantitative estimate of drug-likeness (QED) is 0.775. The van der Waals surface area contributed by atoms with Crippen LogP contribution in [0.1, 0.15) is 19.2 Å². The van der Waals surface area contributed by atoms with E-state index in [1.165, 1.54) is 6.42 Å². The van der Waals surface area contributed by atoms with E-state index in [0.717, 1.165) is 35.2 Å². The number of rotatable bonds is 1. The van der Waals surface area contributed by atoms with Crippen LogP contribution in [0, 0.1) is 5.92 Å². The molecule has 0 aliphatic carbocycles. The molecule has 0 fully saturated rings. The molecule has 3 rings (SSSR count). The Morgan fingerprint density at radius 2 is 2.06 bits per heavy atom. The maximum Gasteiger partial charge on any atom is 0.181 e. The van der Waals surface area contributed by atoms with Gasteiger partial charge in [0.25, 0.3) is 0 Å². The summed E-state index contributed by atoms with van der Waals surface area (Å²) in [5.41, 5.74) is 1.03. The van der Waals surface area contributed by atoms with Crippen LogP contribution in [-0.2, 0) is 13.0 Å². The molecule has 1 aliphatic rings. The highest BCUT2D eigenvalue weighted by molar-refractivity contribution is 6.30. The molecule has 2 heterocycles. The Hall–Kier alpha value is -1.35. The third-order valence-corrected chi connectivity index (χ3v) is 3.47. The lowest BCUT2D eigenvalue weighted by Crippen LogP contribution is -2.18. The van der Waals surface area contributed by atoms with Gasteiger partial charge in [0.1, 0.15) is 5.82 Å². The molecular formula is C13H14ClN3. The van der Waals surface area contributed by atoms with Gasteiger partial charge in [0, 0.05) is 23.6 Å². The molecule has 3 nitrogen and oxygen atoms in total. The van der Waals surface area contributed by atoms with E-state index in [4.69, 9.17) is 11.6 Å². The van der Waals surface area contributed by atoms with E-state index in [-0.39, 0.29) is 0 Å². The summed E-state index contributed by atoms with van der Waals surface area (Å²) in [6.07, 6.45) is 2.22. The van der Waals surface area contributed by atoms with E-state index < -0.39 is 0 Å². The smallest absolute Gasteiger partial charge is 0.181 e. The van der Waals surface area contributed by atoms with Crippen molar-refractivity contribution in [3.63, 3.8) is 0 Å². The van der Waals surface area contributed by atoms with Crippen molar-refractivity contribution in [3.05, 3.63) is 35.1 Å². The number of aromatic nitrogens is 3. The molecule has 0 saturated heterocycles. The average Bonchev–Trinajstić information content (AvgIpc) is 2.72. The van der Waals surface area contributed by atoms with E-state index in [0.29, 0.717) is 5.92 Å². The second-order valence-corrected chi connectivity index (χ2v) is 5.12. The molecule has 4 heteroatoms. The van der Waals surface area contributed by atoms with E-state index in [9.17, 15) is 0 Å². The lowest BCUT2D eigenvalue weighted by Gasteiger charge is -2.17. The summed E-state index contributed by atoms with van der Waals surface area (Å²) in [5, 5.41) is 5.29. The van der Waals surface area contributed by atoms with Gasteiger partial charge in [-0.15, -0.1) is 0 Å². The molecule has 0 radical (unpaired) electrons. The molecule has 0 amide bonds. The van der Waals surface area contributed by atoms with Crippen LogP contribution >= 0.6 is 11.6 Å². The molecule has 0 bridgehead atoms. The molecule has 0 spiro atoms. The standard InChI is InChI=1S/C13H14ClN3/c1-9-6-7-17-12(8-9)15-13(16-17)10-2-4-11(14)5-3-10/h2-5,9H,6-8H2,1H3. The maximum absolute atomic E-state index is 5.87. The minimum Gasteiger partial charge on any atom is -0.249 e. The lowest BCUT2D eigenvalue weighted by atomic mass is 10.0. The molecule has 2 aromatic rings. The summed E-state index contributed by atoms with van der Waals surface area (Å²) in [5.74, 6) is 2.63. The normalized spacial score (nSPS) is 19.1. The van der Waals surface area contributed by atoms with E-state index in [1.54, 1.807) is 0 Å². The number of benzene rings is 1. The van der Waals surface area contributed by atoms with Gasteiger partial charge in [-0.05, 0) is 36.6 Å². The van der Waals surface area contributed by atoms with Crippen molar-refractivity contribution >= 4 is 11.6 Å². The Bertz CT molecular complexity index is 530. The zero-order chi connectivity index (χ0) is 11.8. The van der Waals surface area contributed by atoms with Gasteiger partial charge < -0.3 is 0 Å². The third kappa shape index (κ3) is 2.07. The molecule has 0 N–H and O–H groups in total. The van der Waals surface area contributed by atoms with Crippen LogP contribution in [0.15, 0.2) is 24.3 Å². The number of hydrogen-bond donors (Lipinski definition) is 0. The van der Waals surface area contributed by atoms with Gasteiger partial charge in [-0.2, -0.15) is 5.10 Å². The van der Waals surface area contributed by atoms with Crippen molar-refractivity contribution in [2.75, 3.05) is 0 Å². The number of hydrogen-bond acceptors (Lipinski definition) is 2. The van der Waals surface area contributed by atoms with Crippen LogP contribution in [0.5, 0.6) is 0 Å². The predicted molar refractivity (Wildman–Crippen MR) is 68.0 cm³/mol. The molecule has 1 aromatic heterocycles. The Morgan fingerprint density at radius 3 is 2.82 bits per heavy atom. The fraction of sp³-hybridized carbons (Fsp3) is 0.385. The number of nitrogens with zero attached hydrogens (tertiary/aromatic N) is 3. The second kappa shape index (κ2) is 4.15. The zero-order valence-corrected chi connectivity index (χ0v) is 10.5. The SMILES string of the molecule is CC1CCn2nc(-c3ccc(Cl)cc3)nc2C1. The fourth-order valence-electron chi connectivity index (χ4n) is 2.18.